The number of piperidine rings is 1. The third-order valence-electron chi connectivity index (χ3n) is 3.33. The van der Waals surface area contributed by atoms with Gasteiger partial charge in [-0.1, -0.05) is 19.1 Å². The molecular weight excluding hydrogens is 176 g/mol. The number of nitrogens with one attached hydrogen (secondary N) is 1. The average molecular weight is 194 g/mol. The molecule has 0 spiro atoms. The minimum Gasteiger partial charge on any atom is -0.335 e. The zero-order valence-electron chi connectivity index (χ0n) is 8.75. The molecular formula is C11H18N2O. The van der Waals surface area contributed by atoms with E-state index in [0.29, 0.717) is 5.91 Å². The molecule has 14 heavy (non-hydrogen) atoms. The fraction of sp³-hybridized carbons (Fsp3) is 0.727. The predicted octanol–water partition coefficient (Wildman–Crippen LogP) is 0.774. The average Bonchev–Trinajstić information content (AvgIpc) is 2.70. The minimum absolute atomic E-state index is 0.114. The third kappa shape index (κ3) is 1.69. The zero-order chi connectivity index (χ0) is 10.0. The summed E-state index contributed by atoms with van der Waals surface area (Å²) in [5.41, 5.74) is -0.114. The van der Waals surface area contributed by atoms with Crippen molar-refractivity contribution in [2.24, 2.45) is 5.41 Å². The van der Waals surface area contributed by atoms with E-state index >= 15 is 0 Å². The first kappa shape index (κ1) is 9.71. The number of rotatable bonds is 1. The van der Waals surface area contributed by atoms with E-state index in [0.717, 1.165) is 39.0 Å². The normalized spacial score (nSPS) is 25.4. The molecule has 2 rings (SSSR count). The van der Waals surface area contributed by atoms with Crippen molar-refractivity contribution in [1.82, 2.24) is 10.2 Å². The Bertz CT molecular complexity index is 246. The predicted molar refractivity (Wildman–Crippen MR) is 55.9 cm³/mol. The summed E-state index contributed by atoms with van der Waals surface area (Å²) in [5, 5.41) is 3.30. The summed E-state index contributed by atoms with van der Waals surface area (Å²) in [5.74, 6) is 0.337. The van der Waals surface area contributed by atoms with E-state index in [1.165, 1.54) is 0 Å². The summed E-state index contributed by atoms with van der Waals surface area (Å²) < 4.78 is 0. The molecule has 1 fully saturated rings. The summed E-state index contributed by atoms with van der Waals surface area (Å²) >= 11 is 0. The first-order chi connectivity index (χ1) is 6.72. The Morgan fingerprint density at radius 2 is 1.86 bits per heavy atom. The van der Waals surface area contributed by atoms with E-state index in [-0.39, 0.29) is 5.41 Å². The van der Waals surface area contributed by atoms with Crippen LogP contribution in [0.1, 0.15) is 19.8 Å². The van der Waals surface area contributed by atoms with Crippen LogP contribution in [0.5, 0.6) is 0 Å². The molecule has 1 N–H and O–H groups in total. The molecule has 2 aliphatic heterocycles. The number of carbonyl (C=O) groups excluding carboxylic acids is 1. The topological polar surface area (TPSA) is 32.3 Å². The van der Waals surface area contributed by atoms with Crippen molar-refractivity contribution in [1.29, 1.82) is 0 Å². The van der Waals surface area contributed by atoms with Crippen molar-refractivity contribution in [3.63, 3.8) is 0 Å². The molecule has 0 atom stereocenters. The van der Waals surface area contributed by atoms with Gasteiger partial charge in [0.15, 0.2) is 0 Å². The lowest BCUT2D eigenvalue weighted by Gasteiger charge is -2.35. The van der Waals surface area contributed by atoms with E-state index in [1.807, 2.05) is 4.90 Å². The molecule has 0 saturated carbocycles. The van der Waals surface area contributed by atoms with Crippen LogP contribution in [0.4, 0.5) is 0 Å². The van der Waals surface area contributed by atoms with Gasteiger partial charge >= 0.3 is 0 Å². The van der Waals surface area contributed by atoms with Gasteiger partial charge in [-0.25, -0.2) is 0 Å². The largest absolute Gasteiger partial charge is 0.335 e. The fourth-order valence-corrected chi connectivity index (χ4v) is 2.22. The second-order valence-corrected chi connectivity index (χ2v) is 4.49. The van der Waals surface area contributed by atoms with Crippen molar-refractivity contribution < 1.29 is 4.79 Å². The summed E-state index contributed by atoms with van der Waals surface area (Å²) in [4.78, 5) is 14.1. The monoisotopic (exact) mass is 194 g/mol. The van der Waals surface area contributed by atoms with E-state index in [2.05, 4.69) is 24.4 Å². The Morgan fingerprint density at radius 1 is 1.29 bits per heavy atom. The van der Waals surface area contributed by atoms with E-state index in [9.17, 15) is 4.79 Å². The van der Waals surface area contributed by atoms with E-state index < -0.39 is 0 Å². The van der Waals surface area contributed by atoms with Gasteiger partial charge in [-0.3, -0.25) is 4.79 Å². The molecule has 0 aromatic carbocycles. The molecule has 0 aromatic heterocycles. The Morgan fingerprint density at radius 3 is 2.43 bits per heavy atom. The maximum absolute atomic E-state index is 12.2. The maximum atomic E-state index is 12.2. The van der Waals surface area contributed by atoms with Gasteiger partial charge in [0.05, 0.1) is 0 Å². The van der Waals surface area contributed by atoms with Gasteiger partial charge in [0, 0.05) is 18.5 Å². The second kappa shape index (κ2) is 3.73. The van der Waals surface area contributed by atoms with Gasteiger partial charge in [-0.15, -0.1) is 0 Å². The molecule has 0 bridgehead atoms. The maximum Gasteiger partial charge on any atom is 0.229 e. The van der Waals surface area contributed by atoms with Crippen LogP contribution in [0.3, 0.4) is 0 Å². The van der Waals surface area contributed by atoms with Gasteiger partial charge in [-0.05, 0) is 25.9 Å². The lowest BCUT2D eigenvalue weighted by molar-refractivity contribution is -0.141. The molecule has 78 valence electrons. The van der Waals surface area contributed by atoms with Crippen LogP contribution in [0, 0.1) is 5.41 Å². The molecule has 1 saturated heterocycles. The third-order valence-corrected chi connectivity index (χ3v) is 3.33. The standard InChI is InChI=1S/C11H18N2O/c1-11(4-6-12-7-5-11)10(14)13-8-2-3-9-13/h2-3,12H,4-9H2,1H3. The highest BCUT2D eigenvalue weighted by Crippen LogP contribution is 2.30. The van der Waals surface area contributed by atoms with Crippen LogP contribution in [0.2, 0.25) is 0 Å². The smallest absolute Gasteiger partial charge is 0.229 e. The highest BCUT2D eigenvalue weighted by Gasteiger charge is 2.37. The molecule has 0 aromatic rings. The van der Waals surface area contributed by atoms with Gasteiger partial charge in [0.1, 0.15) is 0 Å². The van der Waals surface area contributed by atoms with Gasteiger partial charge in [0.25, 0.3) is 0 Å². The van der Waals surface area contributed by atoms with Crippen LogP contribution < -0.4 is 5.32 Å². The zero-order valence-corrected chi connectivity index (χ0v) is 8.75. The summed E-state index contributed by atoms with van der Waals surface area (Å²) in [6, 6.07) is 0. The van der Waals surface area contributed by atoms with Crippen molar-refractivity contribution in [2.45, 2.75) is 19.8 Å². The molecule has 1 amide bonds. The highest BCUT2D eigenvalue weighted by molar-refractivity contribution is 5.83. The Balaban J connectivity index is 2.01. The molecule has 0 radical (unpaired) electrons. The summed E-state index contributed by atoms with van der Waals surface area (Å²) in [6.07, 6.45) is 6.09. The minimum atomic E-state index is -0.114. The lowest BCUT2D eigenvalue weighted by Crippen LogP contribution is -2.46. The quantitative estimate of drug-likeness (QED) is 0.625. The Labute approximate surface area is 85.2 Å². The Hall–Kier alpha value is -0.830. The van der Waals surface area contributed by atoms with Crippen LogP contribution in [0.15, 0.2) is 12.2 Å². The SMILES string of the molecule is CC1(C(=O)N2CC=CC2)CCNCC1. The fourth-order valence-electron chi connectivity index (χ4n) is 2.22. The lowest BCUT2D eigenvalue weighted by atomic mass is 9.79. The van der Waals surface area contributed by atoms with Crippen LogP contribution in [-0.2, 0) is 4.79 Å². The van der Waals surface area contributed by atoms with Crippen molar-refractivity contribution >= 4 is 5.91 Å². The highest BCUT2D eigenvalue weighted by atomic mass is 16.2. The first-order valence-electron chi connectivity index (χ1n) is 5.37. The number of hydrogen-bond acceptors (Lipinski definition) is 2. The van der Waals surface area contributed by atoms with Crippen molar-refractivity contribution in [2.75, 3.05) is 26.2 Å². The number of nitrogens with zero attached hydrogens (tertiary/aromatic N) is 1. The molecule has 2 heterocycles. The van der Waals surface area contributed by atoms with E-state index in [4.69, 9.17) is 0 Å². The van der Waals surface area contributed by atoms with Crippen LogP contribution >= 0.6 is 0 Å². The van der Waals surface area contributed by atoms with Crippen molar-refractivity contribution in [3.05, 3.63) is 12.2 Å². The molecule has 0 aliphatic carbocycles. The molecule has 2 aliphatic rings. The second-order valence-electron chi connectivity index (χ2n) is 4.49. The number of carbonyl (C=O) groups is 1. The molecule has 0 unspecified atom stereocenters. The van der Waals surface area contributed by atoms with Crippen LogP contribution in [0.25, 0.3) is 0 Å². The van der Waals surface area contributed by atoms with Crippen molar-refractivity contribution in [3.8, 4) is 0 Å². The van der Waals surface area contributed by atoms with Gasteiger partial charge in [-0.2, -0.15) is 0 Å². The first-order valence-corrected chi connectivity index (χ1v) is 5.37. The van der Waals surface area contributed by atoms with Gasteiger partial charge < -0.3 is 10.2 Å². The molecule has 3 nitrogen and oxygen atoms in total. The molecule has 3 heteroatoms. The number of hydrogen-bond donors (Lipinski definition) is 1. The van der Waals surface area contributed by atoms with Crippen LogP contribution in [-0.4, -0.2) is 37.0 Å². The van der Waals surface area contributed by atoms with E-state index in [1.54, 1.807) is 0 Å². The summed E-state index contributed by atoms with van der Waals surface area (Å²) in [6.45, 7) is 5.67. The number of amides is 1. The van der Waals surface area contributed by atoms with Gasteiger partial charge in [0.2, 0.25) is 5.91 Å². The Kier molecular flexibility index (Phi) is 2.59. The summed E-state index contributed by atoms with van der Waals surface area (Å²) in [7, 11) is 0.